The quantitative estimate of drug-likeness (QED) is 0.845. The molecule has 0 saturated carbocycles. The van der Waals surface area contributed by atoms with Gasteiger partial charge in [-0.3, -0.25) is 15.1 Å². The maximum Gasteiger partial charge on any atom is 0.412 e. The van der Waals surface area contributed by atoms with Crippen molar-refractivity contribution < 1.29 is 14.3 Å². The highest BCUT2D eigenvalue weighted by Crippen LogP contribution is 2.04. The lowest BCUT2D eigenvalue weighted by Gasteiger charge is -2.03. The van der Waals surface area contributed by atoms with Gasteiger partial charge in [-0.05, 0) is 19.1 Å². The monoisotopic (exact) mass is 290 g/mol. The normalized spacial score (nSPS) is 9.95. The van der Waals surface area contributed by atoms with Gasteiger partial charge < -0.3 is 10.1 Å². The largest absolute Gasteiger partial charge is 0.450 e. The molecule has 0 spiro atoms. The average Bonchev–Trinajstić information content (AvgIpc) is 2.87. The molecule has 2 aromatic rings. The van der Waals surface area contributed by atoms with Gasteiger partial charge in [0.25, 0.3) is 0 Å². The maximum absolute atomic E-state index is 11.8. The molecule has 2 amide bonds. The van der Waals surface area contributed by atoms with Crippen LogP contribution in [0.5, 0.6) is 0 Å². The van der Waals surface area contributed by atoms with Crippen molar-refractivity contribution in [2.75, 3.05) is 17.2 Å². The first kappa shape index (κ1) is 14.4. The van der Waals surface area contributed by atoms with Gasteiger partial charge in [-0.15, -0.1) is 5.10 Å². The number of aromatic nitrogens is 4. The second-order valence-corrected chi connectivity index (χ2v) is 3.94. The molecule has 2 rings (SSSR count). The first-order chi connectivity index (χ1) is 10.2. The lowest BCUT2D eigenvalue weighted by molar-refractivity contribution is -0.116. The summed E-state index contributed by atoms with van der Waals surface area (Å²) in [6.07, 6.45) is 3.96. The Morgan fingerprint density at radius 2 is 2.24 bits per heavy atom. The van der Waals surface area contributed by atoms with Crippen molar-refractivity contribution >= 4 is 23.5 Å². The number of nitrogens with one attached hydrogen (secondary N) is 2. The molecule has 9 heteroatoms. The third-order valence-corrected chi connectivity index (χ3v) is 2.30. The maximum atomic E-state index is 11.8. The smallest absolute Gasteiger partial charge is 0.412 e. The van der Waals surface area contributed by atoms with Crippen LogP contribution in [-0.2, 0) is 16.1 Å². The number of hydrogen-bond donors (Lipinski definition) is 2. The lowest BCUT2D eigenvalue weighted by atomic mass is 10.4. The van der Waals surface area contributed by atoms with Crippen molar-refractivity contribution in [1.29, 1.82) is 0 Å². The predicted octanol–water partition coefficient (Wildman–Crippen LogP) is 0.880. The number of pyridine rings is 1. The van der Waals surface area contributed by atoms with Crippen LogP contribution in [0.25, 0.3) is 0 Å². The van der Waals surface area contributed by atoms with E-state index >= 15 is 0 Å². The van der Waals surface area contributed by atoms with Crippen LogP contribution in [0.2, 0.25) is 0 Å². The van der Waals surface area contributed by atoms with Crippen molar-refractivity contribution in [2.24, 2.45) is 0 Å². The molecule has 0 aliphatic heterocycles. The molecular formula is C12H14N6O3. The molecule has 0 saturated heterocycles. The fourth-order valence-corrected chi connectivity index (χ4v) is 1.49. The van der Waals surface area contributed by atoms with E-state index in [-0.39, 0.29) is 24.9 Å². The van der Waals surface area contributed by atoms with Gasteiger partial charge in [0.05, 0.1) is 24.7 Å². The number of nitrogens with zero attached hydrogens (tertiary/aromatic N) is 4. The number of carbonyl (C=O) groups excluding carboxylic acids is 2. The van der Waals surface area contributed by atoms with E-state index in [2.05, 4.69) is 25.9 Å². The predicted molar refractivity (Wildman–Crippen MR) is 73.5 cm³/mol. The lowest BCUT2D eigenvalue weighted by Crippen LogP contribution is -2.19. The SMILES string of the molecule is CCOC(=O)Nc1cn(CC(=O)Nc2cccnc2)nn1. The molecule has 0 unspecified atom stereocenters. The van der Waals surface area contributed by atoms with Gasteiger partial charge in [-0.1, -0.05) is 5.21 Å². The Labute approximate surface area is 120 Å². The number of rotatable bonds is 5. The van der Waals surface area contributed by atoms with Crippen molar-refractivity contribution in [3.05, 3.63) is 30.7 Å². The van der Waals surface area contributed by atoms with E-state index < -0.39 is 6.09 Å². The molecule has 0 aliphatic rings. The number of carbonyl (C=O) groups is 2. The molecule has 21 heavy (non-hydrogen) atoms. The van der Waals surface area contributed by atoms with Crippen LogP contribution >= 0.6 is 0 Å². The summed E-state index contributed by atoms with van der Waals surface area (Å²) in [6.45, 7) is 1.92. The molecule has 0 atom stereocenters. The second-order valence-electron chi connectivity index (χ2n) is 3.94. The van der Waals surface area contributed by atoms with Crippen LogP contribution in [0.1, 0.15) is 6.92 Å². The summed E-state index contributed by atoms with van der Waals surface area (Å²) in [5.74, 6) is -0.0711. The van der Waals surface area contributed by atoms with Gasteiger partial charge >= 0.3 is 6.09 Å². The Bertz CT molecular complexity index is 612. The highest BCUT2D eigenvalue weighted by atomic mass is 16.5. The van der Waals surface area contributed by atoms with Gasteiger partial charge in [0.2, 0.25) is 5.91 Å². The molecule has 0 aromatic carbocycles. The molecule has 110 valence electrons. The summed E-state index contributed by atoms with van der Waals surface area (Å²) in [4.78, 5) is 26.9. The van der Waals surface area contributed by atoms with E-state index in [0.29, 0.717) is 5.69 Å². The number of ether oxygens (including phenoxy) is 1. The van der Waals surface area contributed by atoms with Gasteiger partial charge in [0.1, 0.15) is 6.54 Å². The molecule has 2 N–H and O–H groups in total. The summed E-state index contributed by atoms with van der Waals surface area (Å²) in [5, 5.41) is 12.5. The van der Waals surface area contributed by atoms with Crippen molar-refractivity contribution in [3.63, 3.8) is 0 Å². The minimum Gasteiger partial charge on any atom is -0.450 e. The van der Waals surface area contributed by atoms with Crippen LogP contribution in [0.15, 0.2) is 30.7 Å². The fourth-order valence-electron chi connectivity index (χ4n) is 1.49. The highest BCUT2D eigenvalue weighted by molar-refractivity contribution is 5.90. The fraction of sp³-hybridized carbons (Fsp3) is 0.250. The number of anilines is 2. The zero-order valence-corrected chi connectivity index (χ0v) is 11.3. The van der Waals surface area contributed by atoms with E-state index in [1.807, 2.05) is 0 Å². The third-order valence-electron chi connectivity index (χ3n) is 2.30. The summed E-state index contributed by atoms with van der Waals surface area (Å²) in [5.41, 5.74) is 0.590. The summed E-state index contributed by atoms with van der Waals surface area (Å²) in [7, 11) is 0. The van der Waals surface area contributed by atoms with Crippen LogP contribution in [0.4, 0.5) is 16.3 Å². The summed E-state index contributed by atoms with van der Waals surface area (Å²) < 4.78 is 6.00. The zero-order chi connectivity index (χ0) is 15.1. The Kier molecular flexibility index (Phi) is 4.80. The second kappa shape index (κ2) is 6.98. The molecular weight excluding hydrogens is 276 g/mol. The summed E-state index contributed by atoms with van der Waals surface area (Å²) >= 11 is 0. The third kappa shape index (κ3) is 4.56. The molecule has 2 aromatic heterocycles. The van der Waals surface area contributed by atoms with Crippen LogP contribution in [0, 0.1) is 0 Å². The minimum absolute atomic E-state index is 0.0353. The van der Waals surface area contributed by atoms with Gasteiger partial charge in [0, 0.05) is 6.20 Å². The van der Waals surface area contributed by atoms with E-state index in [4.69, 9.17) is 4.74 Å². The van der Waals surface area contributed by atoms with Crippen molar-refractivity contribution in [2.45, 2.75) is 13.5 Å². The van der Waals surface area contributed by atoms with Crippen LogP contribution < -0.4 is 10.6 Å². The van der Waals surface area contributed by atoms with E-state index in [9.17, 15) is 9.59 Å². The van der Waals surface area contributed by atoms with Crippen molar-refractivity contribution in [3.8, 4) is 0 Å². The minimum atomic E-state index is -0.621. The first-order valence-corrected chi connectivity index (χ1v) is 6.21. The first-order valence-electron chi connectivity index (χ1n) is 6.21. The van der Waals surface area contributed by atoms with E-state index in [0.717, 1.165) is 0 Å². The standard InChI is InChI=1S/C12H14N6O3/c1-2-21-12(20)15-10-7-18(17-16-10)8-11(19)14-9-4-3-5-13-6-9/h3-7H,2,8H2,1H3,(H,14,19)(H,15,20). The Morgan fingerprint density at radius 1 is 1.38 bits per heavy atom. The zero-order valence-electron chi connectivity index (χ0n) is 11.3. The number of hydrogen-bond acceptors (Lipinski definition) is 6. The molecule has 0 aliphatic carbocycles. The Balaban J connectivity index is 1.87. The molecule has 0 fully saturated rings. The Morgan fingerprint density at radius 3 is 2.95 bits per heavy atom. The highest BCUT2D eigenvalue weighted by Gasteiger charge is 2.09. The van der Waals surface area contributed by atoms with Gasteiger partial charge in [0.15, 0.2) is 5.82 Å². The average molecular weight is 290 g/mol. The van der Waals surface area contributed by atoms with Crippen molar-refractivity contribution in [1.82, 2.24) is 20.0 Å². The molecule has 0 radical (unpaired) electrons. The van der Waals surface area contributed by atoms with Crippen LogP contribution in [0.3, 0.4) is 0 Å². The van der Waals surface area contributed by atoms with E-state index in [1.54, 1.807) is 25.3 Å². The van der Waals surface area contributed by atoms with Gasteiger partial charge in [-0.2, -0.15) is 0 Å². The number of amides is 2. The summed E-state index contributed by atoms with van der Waals surface area (Å²) in [6, 6.07) is 3.44. The topological polar surface area (TPSA) is 111 Å². The molecule has 0 bridgehead atoms. The Hall–Kier alpha value is -2.97. The molecule has 2 heterocycles. The molecule has 9 nitrogen and oxygen atoms in total. The van der Waals surface area contributed by atoms with Crippen LogP contribution in [-0.4, -0.2) is 38.6 Å². The van der Waals surface area contributed by atoms with E-state index in [1.165, 1.54) is 17.1 Å². The van der Waals surface area contributed by atoms with Gasteiger partial charge in [-0.25, -0.2) is 9.48 Å².